The second-order valence-corrected chi connectivity index (χ2v) is 6.93. The van der Waals surface area contributed by atoms with Gasteiger partial charge >= 0.3 is 0 Å². The van der Waals surface area contributed by atoms with Crippen LogP contribution in [0.1, 0.15) is 24.8 Å². The van der Waals surface area contributed by atoms with Gasteiger partial charge in [0, 0.05) is 32.7 Å². The first-order chi connectivity index (χ1) is 11.7. The van der Waals surface area contributed by atoms with Crippen molar-refractivity contribution in [2.24, 2.45) is 5.92 Å². The molecule has 1 aromatic rings. The Kier molecular flexibility index (Phi) is 5.91. The molecule has 0 saturated carbocycles. The van der Waals surface area contributed by atoms with Gasteiger partial charge in [-0.3, -0.25) is 9.69 Å². The van der Waals surface area contributed by atoms with Crippen molar-refractivity contribution < 1.29 is 9.53 Å². The van der Waals surface area contributed by atoms with E-state index >= 15 is 0 Å². The Hall–Kier alpha value is -1.81. The number of nitrogens with zero attached hydrogens (tertiary/aromatic N) is 2. The quantitative estimate of drug-likeness (QED) is 0.779. The molecule has 24 heavy (non-hydrogen) atoms. The maximum Gasteiger partial charge on any atom is 0.260 e. The highest BCUT2D eigenvalue weighted by molar-refractivity contribution is 5.77. The molecule has 1 saturated heterocycles. The number of rotatable bonds is 5. The zero-order valence-corrected chi connectivity index (χ0v) is 14.6. The van der Waals surface area contributed by atoms with Crippen LogP contribution in [-0.4, -0.2) is 55.0 Å². The van der Waals surface area contributed by atoms with Gasteiger partial charge in [-0.25, -0.2) is 0 Å². The van der Waals surface area contributed by atoms with Crippen LogP contribution in [0.3, 0.4) is 0 Å². The fraction of sp³-hybridized carbons (Fsp3) is 0.550. The first-order valence-electron chi connectivity index (χ1n) is 9.05. The van der Waals surface area contributed by atoms with E-state index in [-0.39, 0.29) is 12.5 Å². The SMILES string of the molecule is Cc1ccc(OCC(=O)N2CCN(C[C@H]3CC=CCC3)CC2)cc1. The van der Waals surface area contributed by atoms with Gasteiger partial charge in [-0.1, -0.05) is 29.8 Å². The molecule has 0 spiro atoms. The summed E-state index contributed by atoms with van der Waals surface area (Å²) < 4.78 is 5.61. The van der Waals surface area contributed by atoms with Gasteiger partial charge < -0.3 is 9.64 Å². The Bertz CT molecular complexity index is 560. The molecule has 130 valence electrons. The van der Waals surface area contributed by atoms with Gasteiger partial charge in [0.25, 0.3) is 5.91 Å². The summed E-state index contributed by atoms with van der Waals surface area (Å²) in [6, 6.07) is 7.83. The lowest BCUT2D eigenvalue weighted by atomic mass is 9.94. The summed E-state index contributed by atoms with van der Waals surface area (Å²) in [5.41, 5.74) is 1.19. The summed E-state index contributed by atoms with van der Waals surface area (Å²) in [7, 11) is 0. The number of aryl methyl sites for hydroxylation is 1. The molecule has 0 radical (unpaired) electrons. The summed E-state index contributed by atoms with van der Waals surface area (Å²) in [5, 5.41) is 0. The molecule has 0 aromatic heterocycles. The first kappa shape index (κ1) is 17.0. The average Bonchev–Trinajstić information content (AvgIpc) is 2.62. The minimum absolute atomic E-state index is 0.0934. The molecule has 0 bridgehead atoms. The first-order valence-corrected chi connectivity index (χ1v) is 9.05. The van der Waals surface area contributed by atoms with Gasteiger partial charge in [-0.05, 0) is 44.2 Å². The topological polar surface area (TPSA) is 32.8 Å². The highest BCUT2D eigenvalue weighted by atomic mass is 16.5. The molecule has 1 amide bonds. The predicted octanol–water partition coefficient (Wildman–Crippen LogP) is 2.87. The van der Waals surface area contributed by atoms with Crippen molar-refractivity contribution in [1.29, 1.82) is 0 Å². The molecular formula is C20H28N2O2. The number of piperazine rings is 1. The third kappa shape index (κ3) is 4.84. The van der Waals surface area contributed by atoms with E-state index in [0.717, 1.165) is 37.8 Å². The molecule has 4 heteroatoms. The second-order valence-electron chi connectivity index (χ2n) is 6.93. The Balaban J connectivity index is 1.38. The second kappa shape index (κ2) is 8.34. The van der Waals surface area contributed by atoms with Crippen molar-refractivity contribution in [2.45, 2.75) is 26.2 Å². The summed E-state index contributed by atoms with van der Waals surface area (Å²) >= 11 is 0. The highest BCUT2D eigenvalue weighted by Crippen LogP contribution is 2.20. The number of hydrogen-bond acceptors (Lipinski definition) is 3. The van der Waals surface area contributed by atoms with Crippen molar-refractivity contribution in [2.75, 3.05) is 39.3 Å². The number of carbonyl (C=O) groups is 1. The molecule has 0 unspecified atom stereocenters. The van der Waals surface area contributed by atoms with E-state index in [1.54, 1.807) is 0 Å². The number of benzene rings is 1. The molecule has 1 aromatic carbocycles. The van der Waals surface area contributed by atoms with Crippen molar-refractivity contribution in [3.05, 3.63) is 42.0 Å². The van der Waals surface area contributed by atoms with Gasteiger partial charge in [-0.15, -0.1) is 0 Å². The van der Waals surface area contributed by atoms with Crippen molar-refractivity contribution in [3.63, 3.8) is 0 Å². The van der Waals surface area contributed by atoms with E-state index < -0.39 is 0 Å². The standard InChI is InChI=1S/C20H28N2O2/c1-17-7-9-19(10-8-17)24-16-20(23)22-13-11-21(12-14-22)15-18-5-3-2-4-6-18/h2-3,7-10,18H,4-6,11-16H2,1H3/t18-/m0/s1. The Morgan fingerprint density at radius 3 is 2.54 bits per heavy atom. The van der Waals surface area contributed by atoms with E-state index in [2.05, 4.69) is 17.1 Å². The number of allylic oxidation sites excluding steroid dienone is 2. The Labute approximate surface area is 145 Å². The number of amides is 1. The maximum absolute atomic E-state index is 12.3. The Morgan fingerprint density at radius 1 is 1.12 bits per heavy atom. The number of ether oxygens (including phenoxy) is 1. The van der Waals surface area contributed by atoms with Gasteiger partial charge in [0.05, 0.1) is 0 Å². The highest BCUT2D eigenvalue weighted by Gasteiger charge is 2.23. The molecule has 2 aliphatic rings. The maximum atomic E-state index is 12.3. The summed E-state index contributed by atoms with van der Waals surface area (Å²) in [6.07, 6.45) is 8.35. The van der Waals surface area contributed by atoms with E-state index in [0.29, 0.717) is 0 Å². The fourth-order valence-corrected chi connectivity index (χ4v) is 3.44. The monoisotopic (exact) mass is 328 g/mol. The van der Waals surface area contributed by atoms with Crippen LogP contribution in [0.4, 0.5) is 0 Å². The zero-order chi connectivity index (χ0) is 16.8. The van der Waals surface area contributed by atoms with E-state index in [4.69, 9.17) is 4.74 Å². The van der Waals surface area contributed by atoms with Crippen molar-refractivity contribution in [3.8, 4) is 5.75 Å². The summed E-state index contributed by atoms with van der Waals surface area (Å²) in [4.78, 5) is 16.8. The Morgan fingerprint density at radius 2 is 1.88 bits per heavy atom. The van der Waals surface area contributed by atoms with Crippen LogP contribution < -0.4 is 4.74 Å². The zero-order valence-electron chi connectivity index (χ0n) is 14.6. The molecule has 1 heterocycles. The van der Waals surface area contributed by atoms with Gasteiger partial charge in [0.1, 0.15) is 5.75 Å². The third-order valence-corrected chi connectivity index (χ3v) is 5.00. The molecular weight excluding hydrogens is 300 g/mol. The predicted molar refractivity (Wildman–Crippen MR) is 96.2 cm³/mol. The van der Waals surface area contributed by atoms with Crippen LogP contribution >= 0.6 is 0 Å². The average molecular weight is 328 g/mol. The normalized spacial score (nSPS) is 21.7. The lowest BCUT2D eigenvalue weighted by molar-refractivity contribution is -0.135. The molecule has 1 atom stereocenters. The largest absolute Gasteiger partial charge is 0.484 e. The molecule has 0 N–H and O–H groups in total. The minimum Gasteiger partial charge on any atom is -0.484 e. The van der Waals surface area contributed by atoms with E-state index in [1.165, 1.54) is 31.4 Å². The van der Waals surface area contributed by atoms with Gasteiger partial charge in [-0.2, -0.15) is 0 Å². The van der Waals surface area contributed by atoms with Crippen LogP contribution in [0.5, 0.6) is 5.75 Å². The lowest BCUT2D eigenvalue weighted by Crippen LogP contribution is -2.50. The van der Waals surface area contributed by atoms with E-state index in [1.807, 2.05) is 36.1 Å². The smallest absolute Gasteiger partial charge is 0.260 e. The molecule has 4 nitrogen and oxygen atoms in total. The lowest BCUT2D eigenvalue weighted by Gasteiger charge is -2.36. The van der Waals surface area contributed by atoms with Crippen LogP contribution in [0.15, 0.2) is 36.4 Å². The molecule has 1 aliphatic carbocycles. The van der Waals surface area contributed by atoms with Crippen molar-refractivity contribution >= 4 is 5.91 Å². The van der Waals surface area contributed by atoms with Gasteiger partial charge in [0.15, 0.2) is 6.61 Å². The van der Waals surface area contributed by atoms with Crippen LogP contribution in [-0.2, 0) is 4.79 Å². The number of carbonyl (C=O) groups excluding carboxylic acids is 1. The number of hydrogen-bond donors (Lipinski definition) is 0. The molecule has 3 rings (SSSR count). The van der Waals surface area contributed by atoms with Gasteiger partial charge in [0.2, 0.25) is 0 Å². The van der Waals surface area contributed by atoms with E-state index in [9.17, 15) is 4.79 Å². The van der Waals surface area contributed by atoms with Crippen LogP contribution in [0.25, 0.3) is 0 Å². The molecule has 1 aliphatic heterocycles. The third-order valence-electron chi connectivity index (χ3n) is 5.00. The minimum atomic E-state index is 0.0934. The van der Waals surface area contributed by atoms with Crippen LogP contribution in [0, 0.1) is 12.8 Å². The summed E-state index contributed by atoms with van der Waals surface area (Å²) in [5.74, 6) is 1.65. The summed E-state index contributed by atoms with van der Waals surface area (Å²) in [6.45, 7) is 6.95. The van der Waals surface area contributed by atoms with Crippen molar-refractivity contribution in [1.82, 2.24) is 9.80 Å². The fourth-order valence-electron chi connectivity index (χ4n) is 3.44. The molecule has 1 fully saturated rings. The van der Waals surface area contributed by atoms with Crippen LogP contribution in [0.2, 0.25) is 0 Å².